The number of amides is 1. The van der Waals surface area contributed by atoms with Crippen molar-refractivity contribution in [2.75, 3.05) is 18.4 Å². The first-order chi connectivity index (χ1) is 7.78. The standard InChI is InChI=1S/C9H15N5O2/c10-4-3-8-13-14-9(16-8)12-6-1-2-7(15)11-5-6/h6H,1-5,10H2,(H,11,15)(H,12,14). The van der Waals surface area contributed by atoms with Crippen molar-refractivity contribution in [3.05, 3.63) is 5.89 Å². The number of nitrogens with two attached hydrogens (primary N) is 1. The lowest BCUT2D eigenvalue weighted by Gasteiger charge is -2.22. The lowest BCUT2D eigenvalue weighted by atomic mass is 10.1. The fraction of sp³-hybridized carbons (Fsp3) is 0.667. The molecule has 16 heavy (non-hydrogen) atoms. The molecule has 0 aromatic carbocycles. The van der Waals surface area contributed by atoms with Gasteiger partial charge in [-0.15, -0.1) is 5.10 Å². The van der Waals surface area contributed by atoms with Gasteiger partial charge in [-0.2, -0.15) is 0 Å². The number of carbonyl (C=O) groups excluding carboxylic acids is 1. The summed E-state index contributed by atoms with van der Waals surface area (Å²) >= 11 is 0. The molecule has 0 bridgehead atoms. The van der Waals surface area contributed by atoms with Crippen molar-refractivity contribution in [2.45, 2.75) is 25.3 Å². The van der Waals surface area contributed by atoms with Gasteiger partial charge in [0.05, 0.1) is 0 Å². The van der Waals surface area contributed by atoms with Crippen LogP contribution < -0.4 is 16.4 Å². The van der Waals surface area contributed by atoms with E-state index in [1.54, 1.807) is 0 Å². The number of nitrogens with zero attached hydrogens (tertiary/aromatic N) is 2. The molecule has 7 nitrogen and oxygen atoms in total. The molecule has 1 aliphatic heterocycles. The molecule has 1 aromatic rings. The van der Waals surface area contributed by atoms with Crippen LogP contribution in [0.3, 0.4) is 0 Å². The van der Waals surface area contributed by atoms with Crippen LogP contribution in [0.2, 0.25) is 0 Å². The maximum atomic E-state index is 10.9. The number of hydrogen-bond acceptors (Lipinski definition) is 6. The van der Waals surface area contributed by atoms with E-state index in [9.17, 15) is 4.79 Å². The van der Waals surface area contributed by atoms with E-state index in [1.807, 2.05) is 0 Å². The molecular weight excluding hydrogens is 210 g/mol. The normalized spacial score (nSPS) is 20.6. The Balaban J connectivity index is 1.86. The Hall–Kier alpha value is -1.63. The third-order valence-electron chi connectivity index (χ3n) is 2.42. The summed E-state index contributed by atoms with van der Waals surface area (Å²) in [4.78, 5) is 10.9. The van der Waals surface area contributed by atoms with Gasteiger partial charge in [-0.25, -0.2) is 0 Å². The van der Waals surface area contributed by atoms with E-state index in [0.29, 0.717) is 37.8 Å². The molecule has 88 valence electrons. The van der Waals surface area contributed by atoms with Crippen LogP contribution in [-0.4, -0.2) is 35.2 Å². The monoisotopic (exact) mass is 225 g/mol. The topological polar surface area (TPSA) is 106 Å². The number of nitrogens with one attached hydrogen (secondary N) is 2. The van der Waals surface area contributed by atoms with Gasteiger partial charge in [0, 0.05) is 32.0 Å². The predicted molar refractivity (Wildman–Crippen MR) is 56.7 cm³/mol. The molecule has 4 N–H and O–H groups in total. The minimum atomic E-state index is 0.0902. The van der Waals surface area contributed by atoms with E-state index in [-0.39, 0.29) is 11.9 Å². The molecule has 2 rings (SSSR count). The second-order valence-corrected chi connectivity index (χ2v) is 3.72. The Labute approximate surface area is 92.8 Å². The third-order valence-corrected chi connectivity index (χ3v) is 2.42. The summed E-state index contributed by atoms with van der Waals surface area (Å²) in [7, 11) is 0. The van der Waals surface area contributed by atoms with Crippen LogP contribution >= 0.6 is 0 Å². The van der Waals surface area contributed by atoms with Crippen LogP contribution in [0.25, 0.3) is 0 Å². The fourth-order valence-corrected chi connectivity index (χ4v) is 1.57. The highest BCUT2D eigenvalue weighted by Crippen LogP contribution is 2.11. The molecule has 1 amide bonds. The van der Waals surface area contributed by atoms with E-state index in [4.69, 9.17) is 10.2 Å². The van der Waals surface area contributed by atoms with Crippen molar-refractivity contribution in [3.63, 3.8) is 0 Å². The summed E-state index contributed by atoms with van der Waals surface area (Å²) in [5.74, 6) is 0.622. The van der Waals surface area contributed by atoms with E-state index < -0.39 is 0 Å². The number of aromatic nitrogens is 2. The first kappa shape index (κ1) is 10.9. The smallest absolute Gasteiger partial charge is 0.315 e. The molecule has 1 aliphatic rings. The predicted octanol–water partition coefficient (Wildman–Crippen LogP) is -0.739. The Morgan fingerprint density at radius 2 is 2.44 bits per heavy atom. The average Bonchev–Trinajstić information content (AvgIpc) is 2.70. The highest BCUT2D eigenvalue weighted by atomic mass is 16.4. The summed E-state index contributed by atoms with van der Waals surface area (Å²) in [6.07, 6.45) is 1.89. The molecule has 2 heterocycles. The van der Waals surface area contributed by atoms with Crippen LogP contribution in [0.5, 0.6) is 0 Å². The summed E-state index contributed by atoms with van der Waals surface area (Å²) in [5.41, 5.74) is 5.37. The van der Waals surface area contributed by atoms with Crippen molar-refractivity contribution in [1.29, 1.82) is 0 Å². The van der Waals surface area contributed by atoms with E-state index in [2.05, 4.69) is 20.8 Å². The molecule has 1 unspecified atom stereocenters. The van der Waals surface area contributed by atoms with Crippen molar-refractivity contribution in [3.8, 4) is 0 Å². The molecular formula is C9H15N5O2. The number of hydrogen-bond donors (Lipinski definition) is 3. The largest absolute Gasteiger partial charge is 0.408 e. The third kappa shape index (κ3) is 2.69. The number of rotatable bonds is 4. The zero-order valence-corrected chi connectivity index (χ0v) is 8.90. The minimum absolute atomic E-state index is 0.0902. The minimum Gasteiger partial charge on any atom is -0.408 e. The van der Waals surface area contributed by atoms with Crippen molar-refractivity contribution in [1.82, 2.24) is 15.5 Å². The van der Waals surface area contributed by atoms with Gasteiger partial charge in [-0.1, -0.05) is 5.10 Å². The van der Waals surface area contributed by atoms with Gasteiger partial charge in [0.15, 0.2) is 0 Å². The van der Waals surface area contributed by atoms with Crippen LogP contribution in [-0.2, 0) is 11.2 Å². The fourth-order valence-electron chi connectivity index (χ4n) is 1.57. The summed E-state index contributed by atoms with van der Waals surface area (Å²) < 4.78 is 5.33. The summed E-state index contributed by atoms with van der Waals surface area (Å²) in [6.45, 7) is 1.08. The SMILES string of the molecule is NCCc1nnc(NC2CCC(=O)NC2)o1. The van der Waals surface area contributed by atoms with Crippen LogP contribution in [0.4, 0.5) is 6.01 Å². The molecule has 0 aliphatic carbocycles. The molecule has 7 heteroatoms. The zero-order valence-electron chi connectivity index (χ0n) is 8.90. The van der Waals surface area contributed by atoms with E-state index in [0.717, 1.165) is 6.42 Å². The molecule has 1 aromatic heterocycles. The highest BCUT2D eigenvalue weighted by Gasteiger charge is 2.19. The first-order valence-electron chi connectivity index (χ1n) is 5.33. The summed E-state index contributed by atoms with van der Waals surface area (Å²) in [6, 6.07) is 0.550. The average molecular weight is 225 g/mol. The Morgan fingerprint density at radius 3 is 3.12 bits per heavy atom. The molecule has 1 atom stereocenters. The van der Waals surface area contributed by atoms with Crippen LogP contribution in [0.1, 0.15) is 18.7 Å². The van der Waals surface area contributed by atoms with Crippen LogP contribution in [0, 0.1) is 0 Å². The maximum absolute atomic E-state index is 10.9. The molecule has 1 saturated heterocycles. The Kier molecular flexibility index (Phi) is 3.35. The Morgan fingerprint density at radius 1 is 1.56 bits per heavy atom. The van der Waals surface area contributed by atoms with Gasteiger partial charge in [-0.05, 0) is 6.42 Å². The number of carbonyl (C=O) groups is 1. The van der Waals surface area contributed by atoms with Crippen LogP contribution in [0.15, 0.2) is 4.42 Å². The van der Waals surface area contributed by atoms with E-state index in [1.165, 1.54) is 0 Å². The van der Waals surface area contributed by atoms with E-state index >= 15 is 0 Å². The zero-order chi connectivity index (χ0) is 11.4. The van der Waals surface area contributed by atoms with Gasteiger partial charge in [0.2, 0.25) is 11.8 Å². The Bertz CT molecular complexity index is 355. The number of anilines is 1. The van der Waals surface area contributed by atoms with Gasteiger partial charge < -0.3 is 20.8 Å². The number of piperidine rings is 1. The highest BCUT2D eigenvalue weighted by molar-refractivity contribution is 5.76. The van der Waals surface area contributed by atoms with Crippen molar-refractivity contribution < 1.29 is 9.21 Å². The molecule has 1 fully saturated rings. The van der Waals surface area contributed by atoms with Gasteiger partial charge in [0.1, 0.15) is 0 Å². The van der Waals surface area contributed by atoms with Crippen molar-refractivity contribution >= 4 is 11.9 Å². The first-order valence-corrected chi connectivity index (χ1v) is 5.33. The van der Waals surface area contributed by atoms with Gasteiger partial charge in [0.25, 0.3) is 0 Å². The van der Waals surface area contributed by atoms with Crippen molar-refractivity contribution in [2.24, 2.45) is 5.73 Å². The van der Waals surface area contributed by atoms with Gasteiger partial charge in [-0.3, -0.25) is 4.79 Å². The molecule has 0 radical (unpaired) electrons. The second-order valence-electron chi connectivity index (χ2n) is 3.72. The quantitative estimate of drug-likeness (QED) is 0.623. The maximum Gasteiger partial charge on any atom is 0.315 e. The van der Waals surface area contributed by atoms with Gasteiger partial charge >= 0.3 is 6.01 Å². The molecule has 0 spiro atoms. The molecule has 0 saturated carbocycles. The summed E-state index contributed by atoms with van der Waals surface area (Å²) in [5, 5.41) is 13.5. The lowest BCUT2D eigenvalue weighted by Crippen LogP contribution is -2.41. The second kappa shape index (κ2) is 4.93. The lowest BCUT2D eigenvalue weighted by molar-refractivity contribution is -0.122.